The number of allylic oxidation sites excluding steroid dienone is 1. The van der Waals surface area contributed by atoms with E-state index in [4.69, 9.17) is 23.2 Å². The summed E-state index contributed by atoms with van der Waals surface area (Å²) in [7, 11) is 3.85. The van der Waals surface area contributed by atoms with Crippen LogP contribution >= 0.6 is 23.2 Å². The highest BCUT2D eigenvalue weighted by Crippen LogP contribution is 2.23. The van der Waals surface area contributed by atoms with Crippen molar-refractivity contribution in [2.24, 2.45) is 0 Å². The average Bonchev–Trinajstić information content (AvgIpc) is 2.47. The highest BCUT2D eigenvalue weighted by molar-refractivity contribution is 6.37. The van der Waals surface area contributed by atoms with E-state index in [2.05, 4.69) is 0 Å². The molecule has 120 valence electrons. The summed E-state index contributed by atoms with van der Waals surface area (Å²) in [5.74, 6) is 0.0387. The van der Waals surface area contributed by atoms with Gasteiger partial charge in [-0.25, -0.2) is 0 Å². The second-order valence-electron chi connectivity index (χ2n) is 5.45. The fourth-order valence-electron chi connectivity index (χ4n) is 2.13. The first-order valence-electron chi connectivity index (χ1n) is 7.01. The average molecular weight is 350 g/mol. The van der Waals surface area contributed by atoms with Gasteiger partial charge in [0.2, 0.25) is 0 Å². The van der Waals surface area contributed by atoms with Crippen molar-refractivity contribution >= 4 is 35.1 Å². The number of phenolic OH excluding ortho intramolecular Hbond substituents is 1. The molecule has 0 fully saturated rings. The van der Waals surface area contributed by atoms with Gasteiger partial charge in [0.25, 0.3) is 0 Å². The number of ketones is 1. The van der Waals surface area contributed by atoms with Crippen LogP contribution in [0, 0.1) is 0 Å². The Labute approximate surface area is 145 Å². The molecule has 0 aliphatic rings. The standard InChI is InChI=1S/C18H17Cl2NO2/c1-21(2)11-13-9-12(3-7-17(13)22)4-8-18(23)15-6-5-14(19)10-16(15)20/h3-10,22H,11H2,1-2H3/b8-4+. The van der Waals surface area contributed by atoms with Crippen molar-refractivity contribution in [3.63, 3.8) is 0 Å². The number of hydrogen-bond acceptors (Lipinski definition) is 3. The van der Waals surface area contributed by atoms with E-state index >= 15 is 0 Å². The van der Waals surface area contributed by atoms with Crippen molar-refractivity contribution in [3.8, 4) is 5.75 Å². The molecule has 1 N–H and O–H groups in total. The fourth-order valence-corrected chi connectivity index (χ4v) is 2.63. The number of aromatic hydroxyl groups is 1. The van der Waals surface area contributed by atoms with Crippen molar-refractivity contribution in [2.75, 3.05) is 14.1 Å². The van der Waals surface area contributed by atoms with Crippen LogP contribution < -0.4 is 0 Å². The molecule has 0 saturated carbocycles. The number of carbonyl (C=O) groups is 1. The molecule has 0 saturated heterocycles. The Kier molecular flexibility index (Phi) is 5.83. The minimum Gasteiger partial charge on any atom is -0.508 e. The lowest BCUT2D eigenvalue weighted by molar-refractivity contribution is 0.104. The molecular weight excluding hydrogens is 333 g/mol. The Bertz CT molecular complexity index is 755. The van der Waals surface area contributed by atoms with Crippen LogP contribution in [-0.4, -0.2) is 29.9 Å². The molecule has 0 aromatic heterocycles. The van der Waals surface area contributed by atoms with E-state index in [0.29, 0.717) is 22.2 Å². The lowest BCUT2D eigenvalue weighted by atomic mass is 10.1. The van der Waals surface area contributed by atoms with Crippen LogP contribution in [0.3, 0.4) is 0 Å². The lowest BCUT2D eigenvalue weighted by Crippen LogP contribution is -2.10. The predicted octanol–water partition coefficient (Wildman–Crippen LogP) is 4.66. The Hall–Kier alpha value is -1.81. The van der Waals surface area contributed by atoms with E-state index in [-0.39, 0.29) is 11.5 Å². The van der Waals surface area contributed by atoms with Crippen LogP contribution in [0.4, 0.5) is 0 Å². The van der Waals surface area contributed by atoms with Crippen molar-refractivity contribution in [1.82, 2.24) is 4.90 Å². The largest absolute Gasteiger partial charge is 0.508 e. The van der Waals surface area contributed by atoms with Crippen LogP contribution in [0.2, 0.25) is 10.0 Å². The molecule has 2 aromatic carbocycles. The van der Waals surface area contributed by atoms with Gasteiger partial charge in [-0.1, -0.05) is 35.3 Å². The zero-order valence-corrected chi connectivity index (χ0v) is 14.4. The number of halogens is 2. The van der Waals surface area contributed by atoms with Crippen LogP contribution in [0.5, 0.6) is 5.75 Å². The third kappa shape index (κ3) is 4.83. The van der Waals surface area contributed by atoms with E-state index in [1.54, 1.807) is 36.4 Å². The lowest BCUT2D eigenvalue weighted by Gasteiger charge is -2.11. The summed E-state index contributed by atoms with van der Waals surface area (Å²) in [5, 5.41) is 10.7. The number of rotatable bonds is 5. The van der Waals surface area contributed by atoms with Crippen molar-refractivity contribution < 1.29 is 9.90 Å². The number of carbonyl (C=O) groups excluding carboxylic acids is 1. The summed E-state index contributed by atoms with van der Waals surface area (Å²) in [6, 6.07) is 10.00. The minimum absolute atomic E-state index is 0.200. The number of phenols is 1. The van der Waals surface area contributed by atoms with Crippen LogP contribution in [0.25, 0.3) is 6.08 Å². The van der Waals surface area contributed by atoms with E-state index in [9.17, 15) is 9.90 Å². The van der Waals surface area contributed by atoms with Gasteiger partial charge in [-0.15, -0.1) is 0 Å². The molecule has 0 heterocycles. The van der Waals surface area contributed by atoms with Crippen LogP contribution in [0.1, 0.15) is 21.5 Å². The van der Waals surface area contributed by atoms with Gasteiger partial charge in [0.05, 0.1) is 5.02 Å². The molecule has 0 unspecified atom stereocenters. The molecule has 0 atom stereocenters. The van der Waals surface area contributed by atoms with Gasteiger partial charge in [0.15, 0.2) is 5.78 Å². The predicted molar refractivity (Wildman–Crippen MR) is 95.3 cm³/mol. The monoisotopic (exact) mass is 349 g/mol. The normalized spacial score (nSPS) is 11.3. The van der Waals surface area contributed by atoms with E-state index in [1.807, 2.05) is 25.1 Å². The zero-order valence-electron chi connectivity index (χ0n) is 12.9. The second-order valence-corrected chi connectivity index (χ2v) is 6.29. The number of hydrogen-bond donors (Lipinski definition) is 1. The molecule has 0 amide bonds. The Morgan fingerprint density at radius 2 is 1.91 bits per heavy atom. The fraction of sp³-hybridized carbons (Fsp3) is 0.167. The van der Waals surface area contributed by atoms with Crippen molar-refractivity contribution in [1.29, 1.82) is 0 Å². The van der Waals surface area contributed by atoms with Crippen molar-refractivity contribution in [2.45, 2.75) is 6.54 Å². The second kappa shape index (κ2) is 7.64. The molecule has 23 heavy (non-hydrogen) atoms. The summed E-state index contributed by atoms with van der Waals surface area (Å²) in [6.45, 7) is 0.616. The van der Waals surface area contributed by atoms with Gasteiger partial charge in [0.1, 0.15) is 5.75 Å². The molecule has 5 heteroatoms. The maximum atomic E-state index is 12.2. The molecule has 0 aliphatic heterocycles. The molecule has 0 spiro atoms. The van der Waals surface area contributed by atoms with Gasteiger partial charge >= 0.3 is 0 Å². The van der Waals surface area contributed by atoms with Crippen LogP contribution in [0.15, 0.2) is 42.5 Å². The van der Waals surface area contributed by atoms with Crippen LogP contribution in [-0.2, 0) is 6.54 Å². The van der Waals surface area contributed by atoms with Crippen molar-refractivity contribution in [3.05, 3.63) is 69.2 Å². The third-order valence-corrected chi connectivity index (χ3v) is 3.76. The Morgan fingerprint density at radius 3 is 2.57 bits per heavy atom. The van der Waals surface area contributed by atoms with Gasteiger partial charge in [-0.2, -0.15) is 0 Å². The Morgan fingerprint density at radius 1 is 1.17 bits per heavy atom. The molecule has 0 aliphatic carbocycles. The summed E-state index contributed by atoms with van der Waals surface area (Å²) in [4.78, 5) is 14.2. The summed E-state index contributed by atoms with van der Waals surface area (Å²) in [6.07, 6.45) is 3.16. The molecule has 3 nitrogen and oxygen atoms in total. The van der Waals surface area contributed by atoms with Gasteiger partial charge in [-0.3, -0.25) is 4.79 Å². The van der Waals surface area contributed by atoms with E-state index in [1.165, 1.54) is 6.08 Å². The topological polar surface area (TPSA) is 40.5 Å². The zero-order chi connectivity index (χ0) is 17.0. The highest BCUT2D eigenvalue weighted by Gasteiger charge is 2.08. The first-order chi connectivity index (χ1) is 10.9. The minimum atomic E-state index is -0.200. The van der Waals surface area contributed by atoms with Gasteiger partial charge in [-0.05, 0) is 56.1 Å². The maximum Gasteiger partial charge on any atom is 0.187 e. The first-order valence-corrected chi connectivity index (χ1v) is 7.76. The van der Waals surface area contributed by atoms with E-state index < -0.39 is 0 Å². The quantitative estimate of drug-likeness (QED) is 0.630. The van der Waals surface area contributed by atoms with E-state index in [0.717, 1.165) is 11.1 Å². The molecule has 2 aromatic rings. The molecule has 2 rings (SSSR count). The SMILES string of the molecule is CN(C)Cc1cc(/C=C/C(=O)c2ccc(Cl)cc2Cl)ccc1O. The Balaban J connectivity index is 2.21. The van der Waals surface area contributed by atoms with Gasteiger partial charge in [0, 0.05) is 22.7 Å². The summed E-state index contributed by atoms with van der Waals surface area (Å²) >= 11 is 11.9. The molecule has 0 bridgehead atoms. The first kappa shape index (κ1) is 17.5. The summed E-state index contributed by atoms with van der Waals surface area (Å²) < 4.78 is 0. The summed E-state index contributed by atoms with van der Waals surface area (Å²) in [5.41, 5.74) is 2.03. The molecule has 0 radical (unpaired) electrons. The highest BCUT2D eigenvalue weighted by atomic mass is 35.5. The number of nitrogens with zero attached hydrogens (tertiary/aromatic N) is 1. The maximum absolute atomic E-state index is 12.2. The molecular formula is C18H17Cl2NO2. The number of benzene rings is 2. The third-order valence-electron chi connectivity index (χ3n) is 3.21. The van der Waals surface area contributed by atoms with Gasteiger partial charge < -0.3 is 10.0 Å². The smallest absolute Gasteiger partial charge is 0.187 e.